The maximum Gasteiger partial charge on any atom is 0.149 e. The molecule has 1 atom stereocenters. The van der Waals surface area contributed by atoms with Crippen molar-refractivity contribution >= 4 is 5.82 Å². The van der Waals surface area contributed by atoms with Crippen LogP contribution < -0.4 is 5.73 Å². The number of rotatable bonds is 1. The van der Waals surface area contributed by atoms with Crippen LogP contribution in [0.3, 0.4) is 0 Å². The van der Waals surface area contributed by atoms with Crippen molar-refractivity contribution in [1.82, 2.24) is 20.1 Å². The molecule has 1 aromatic heterocycles. The van der Waals surface area contributed by atoms with E-state index in [2.05, 4.69) is 27.1 Å². The highest BCUT2D eigenvalue weighted by atomic mass is 15.2. The fourth-order valence-electron chi connectivity index (χ4n) is 1.74. The van der Waals surface area contributed by atoms with E-state index in [0.717, 1.165) is 25.2 Å². The number of likely N-dealkylation sites (N-methyl/N-ethyl adjacent to an activating group) is 1. The molecule has 0 aromatic carbocycles. The molecule has 0 radical (unpaired) electrons. The van der Waals surface area contributed by atoms with Crippen molar-refractivity contribution in [3.8, 4) is 0 Å². The Kier molecular flexibility index (Phi) is 2.10. The SMILES string of the molecule is CN1CCC(c2nncnc2N)C1. The third-order valence-electron chi connectivity index (χ3n) is 2.45. The van der Waals surface area contributed by atoms with Gasteiger partial charge in [0.1, 0.15) is 17.8 Å². The quantitative estimate of drug-likeness (QED) is 0.650. The number of aromatic nitrogens is 3. The summed E-state index contributed by atoms with van der Waals surface area (Å²) in [5.41, 5.74) is 6.57. The normalized spacial score (nSPS) is 23.6. The molecule has 0 saturated carbocycles. The predicted octanol–water partition coefficient (Wildman–Crippen LogP) is -0.127. The molecular formula is C8H13N5. The molecule has 13 heavy (non-hydrogen) atoms. The monoisotopic (exact) mass is 179 g/mol. The van der Waals surface area contributed by atoms with Gasteiger partial charge in [-0.3, -0.25) is 0 Å². The summed E-state index contributed by atoms with van der Waals surface area (Å²) >= 11 is 0. The molecule has 1 unspecified atom stereocenters. The highest BCUT2D eigenvalue weighted by molar-refractivity contribution is 5.35. The third-order valence-corrected chi connectivity index (χ3v) is 2.45. The summed E-state index contributed by atoms with van der Waals surface area (Å²) in [6.45, 7) is 2.10. The van der Waals surface area contributed by atoms with Gasteiger partial charge in [0.15, 0.2) is 0 Å². The number of nitrogens with zero attached hydrogens (tertiary/aromatic N) is 4. The summed E-state index contributed by atoms with van der Waals surface area (Å²) < 4.78 is 0. The standard InChI is InChI=1S/C8H13N5/c1-13-3-2-6(4-13)7-8(9)10-5-11-12-7/h5-6H,2-4H2,1H3,(H2,9,10,11). The Bertz CT molecular complexity index is 300. The van der Waals surface area contributed by atoms with E-state index in [9.17, 15) is 0 Å². The zero-order valence-corrected chi connectivity index (χ0v) is 7.64. The molecule has 1 aliphatic rings. The van der Waals surface area contributed by atoms with Gasteiger partial charge in [-0.05, 0) is 20.0 Å². The molecule has 1 aliphatic heterocycles. The Balaban J connectivity index is 2.21. The first-order valence-electron chi connectivity index (χ1n) is 4.39. The van der Waals surface area contributed by atoms with Crippen LogP contribution >= 0.6 is 0 Å². The number of nitrogens with two attached hydrogens (primary N) is 1. The second-order valence-electron chi connectivity index (χ2n) is 3.48. The molecular weight excluding hydrogens is 166 g/mol. The summed E-state index contributed by atoms with van der Waals surface area (Å²) in [4.78, 5) is 6.20. The Morgan fingerprint density at radius 2 is 2.46 bits per heavy atom. The molecule has 1 saturated heterocycles. The van der Waals surface area contributed by atoms with Crippen molar-refractivity contribution in [1.29, 1.82) is 0 Å². The van der Waals surface area contributed by atoms with E-state index in [4.69, 9.17) is 5.73 Å². The minimum Gasteiger partial charge on any atom is -0.382 e. The lowest BCUT2D eigenvalue weighted by atomic mass is 10.1. The van der Waals surface area contributed by atoms with Gasteiger partial charge in [0, 0.05) is 12.5 Å². The second kappa shape index (κ2) is 3.26. The van der Waals surface area contributed by atoms with Gasteiger partial charge in [-0.1, -0.05) is 0 Å². The summed E-state index contributed by atoms with van der Waals surface area (Å²) in [6.07, 6.45) is 2.48. The summed E-state index contributed by atoms with van der Waals surface area (Å²) in [5, 5.41) is 7.79. The van der Waals surface area contributed by atoms with Crippen molar-refractivity contribution in [2.45, 2.75) is 12.3 Å². The van der Waals surface area contributed by atoms with Crippen molar-refractivity contribution < 1.29 is 0 Å². The third kappa shape index (κ3) is 1.60. The van der Waals surface area contributed by atoms with Crippen LogP contribution in [0.1, 0.15) is 18.0 Å². The molecule has 2 rings (SSSR count). The Labute approximate surface area is 77.0 Å². The van der Waals surface area contributed by atoms with Gasteiger partial charge in [0.2, 0.25) is 0 Å². The van der Waals surface area contributed by atoms with Gasteiger partial charge in [0.05, 0.1) is 0 Å². The van der Waals surface area contributed by atoms with Crippen LogP contribution in [0.25, 0.3) is 0 Å². The first kappa shape index (κ1) is 8.37. The van der Waals surface area contributed by atoms with Crippen LogP contribution in [-0.4, -0.2) is 40.2 Å². The topological polar surface area (TPSA) is 67.9 Å². The largest absolute Gasteiger partial charge is 0.382 e. The first-order chi connectivity index (χ1) is 6.27. The van der Waals surface area contributed by atoms with Crippen LogP contribution in [0.5, 0.6) is 0 Å². The zero-order valence-electron chi connectivity index (χ0n) is 7.64. The lowest BCUT2D eigenvalue weighted by Gasteiger charge is -2.09. The molecule has 0 bridgehead atoms. The number of hydrogen-bond donors (Lipinski definition) is 1. The Hall–Kier alpha value is -1.23. The lowest BCUT2D eigenvalue weighted by Crippen LogP contribution is -2.15. The van der Waals surface area contributed by atoms with Crippen molar-refractivity contribution in [3.05, 3.63) is 12.0 Å². The molecule has 0 amide bonds. The van der Waals surface area contributed by atoms with Gasteiger partial charge >= 0.3 is 0 Å². The van der Waals surface area contributed by atoms with Crippen LogP contribution in [0, 0.1) is 0 Å². The van der Waals surface area contributed by atoms with E-state index >= 15 is 0 Å². The average molecular weight is 179 g/mol. The minimum absolute atomic E-state index is 0.409. The summed E-state index contributed by atoms with van der Waals surface area (Å²) in [7, 11) is 2.10. The number of anilines is 1. The molecule has 0 spiro atoms. The van der Waals surface area contributed by atoms with E-state index in [0.29, 0.717) is 11.7 Å². The summed E-state index contributed by atoms with van der Waals surface area (Å²) in [5.74, 6) is 0.932. The maximum absolute atomic E-state index is 5.71. The fourth-order valence-corrected chi connectivity index (χ4v) is 1.74. The van der Waals surface area contributed by atoms with Gasteiger partial charge in [-0.15, -0.1) is 10.2 Å². The molecule has 70 valence electrons. The minimum atomic E-state index is 0.409. The fraction of sp³-hybridized carbons (Fsp3) is 0.625. The van der Waals surface area contributed by atoms with Gasteiger partial charge in [0.25, 0.3) is 0 Å². The molecule has 1 aromatic rings. The Morgan fingerprint density at radius 3 is 3.08 bits per heavy atom. The zero-order chi connectivity index (χ0) is 9.26. The van der Waals surface area contributed by atoms with Gasteiger partial charge in [-0.25, -0.2) is 4.98 Å². The number of likely N-dealkylation sites (tertiary alicyclic amines) is 1. The number of nitrogen functional groups attached to an aromatic ring is 1. The molecule has 5 nitrogen and oxygen atoms in total. The van der Waals surface area contributed by atoms with Crippen LogP contribution in [0.2, 0.25) is 0 Å². The van der Waals surface area contributed by atoms with E-state index in [1.54, 1.807) is 0 Å². The van der Waals surface area contributed by atoms with E-state index in [-0.39, 0.29) is 0 Å². The molecule has 0 aliphatic carbocycles. The van der Waals surface area contributed by atoms with Crippen LogP contribution in [0.4, 0.5) is 5.82 Å². The van der Waals surface area contributed by atoms with E-state index in [1.165, 1.54) is 6.33 Å². The average Bonchev–Trinajstić information content (AvgIpc) is 2.53. The van der Waals surface area contributed by atoms with E-state index in [1.807, 2.05) is 0 Å². The Morgan fingerprint density at radius 1 is 1.62 bits per heavy atom. The van der Waals surface area contributed by atoms with Gasteiger partial charge in [-0.2, -0.15) is 0 Å². The molecule has 5 heteroatoms. The highest BCUT2D eigenvalue weighted by Crippen LogP contribution is 2.26. The van der Waals surface area contributed by atoms with Crippen molar-refractivity contribution in [2.24, 2.45) is 0 Å². The van der Waals surface area contributed by atoms with Gasteiger partial charge < -0.3 is 10.6 Å². The van der Waals surface area contributed by atoms with Crippen LogP contribution in [-0.2, 0) is 0 Å². The lowest BCUT2D eigenvalue weighted by molar-refractivity contribution is 0.410. The van der Waals surface area contributed by atoms with Crippen LogP contribution in [0.15, 0.2) is 6.33 Å². The van der Waals surface area contributed by atoms with Crippen molar-refractivity contribution in [2.75, 3.05) is 25.9 Å². The molecule has 2 heterocycles. The number of hydrogen-bond acceptors (Lipinski definition) is 5. The van der Waals surface area contributed by atoms with Crippen molar-refractivity contribution in [3.63, 3.8) is 0 Å². The van der Waals surface area contributed by atoms with E-state index < -0.39 is 0 Å². The highest BCUT2D eigenvalue weighted by Gasteiger charge is 2.24. The summed E-state index contributed by atoms with van der Waals surface area (Å²) in [6, 6.07) is 0. The second-order valence-corrected chi connectivity index (χ2v) is 3.48. The molecule has 1 fully saturated rings. The first-order valence-corrected chi connectivity index (χ1v) is 4.39. The smallest absolute Gasteiger partial charge is 0.149 e. The maximum atomic E-state index is 5.71. The molecule has 2 N–H and O–H groups in total. The predicted molar refractivity (Wildman–Crippen MR) is 49.1 cm³/mol.